The molecule has 54 heavy (non-hydrogen) atoms. The number of nitrogens with one attached hydrogen (secondary N) is 6. The van der Waals surface area contributed by atoms with Crippen LogP contribution >= 0.6 is 21.6 Å². The summed E-state index contributed by atoms with van der Waals surface area (Å²) in [5.41, 5.74) is 2.47. The molecular weight excluding hydrogens is 709 g/mol. The number of unbranched alkanes of at least 4 members (excludes halogenated alkanes) is 12. The second kappa shape index (κ2) is 38.4. The Balaban J connectivity index is 1.15. The Morgan fingerprint density at radius 2 is 0.630 bits per heavy atom. The summed E-state index contributed by atoms with van der Waals surface area (Å²) in [7, 11) is 7.51. The molecule has 310 valence electrons. The zero-order chi connectivity index (χ0) is 38.3. The second-order valence-corrected chi connectivity index (χ2v) is 17.0. The molecule has 0 aliphatic rings. The minimum Gasteiger partial charge on any atom is -0.496 e. The normalized spacial score (nSPS) is 11.4. The molecule has 0 fully saturated rings. The minimum absolute atomic E-state index is 0.882. The number of hydrogen-bond acceptors (Lipinski definition) is 10. The van der Waals surface area contributed by atoms with Crippen LogP contribution in [0.1, 0.15) is 114 Å². The van der Waals surface area contributed by atoms with Crippen LogP contribution in [-0.2, 0) is 13.1 Å². The molecule has 0 saturated carbocycles. The van der Waals surface area contributed by atoms with Crippen molar-refractivity contribution in [2.45, 2.75) is 116 Å². The van der Waals surface area contributed by atoms with Crippen molar-refractivity contribution in [3.63, 3.8) is 0 Å². The maximum atomic E-state index is 5.42. The van der Waals surface area contributed by atoms with Crippen molar-refractivity contribution in [3.8, 4) is 11.5 Å². The van der Waals surface area contributed by atoms with Crippen molar-refractivity contribution in [1.29, 1.82) is 0 Å². The fourth-order valence-corrected chi connectivity index (χ4v) is 8.30. The van der Waals surface area contributed by atoms with Gasteiger partial charge in [0.15, 0.2) is 0 Å². The Bertz CT molecular complexity index is 1000. The second-order valence-electron chi connectivity index (χ2n) is 14.3. The molecule has 2 aromatic rings. The number of rotatable bonds is 41. The van der Waals surface area contributed by atoms with E-state index in [4.69, 9.17) is 9.47 Å². The maximum Gasteiger partial charge on any atom is 0.123 e. The molecule has 0 aliphatic heterocycles. The Kier molecular flexibility index (Phi) is 34.6. The molecule has 0 saturated heterocycles. The quantitative estimate of drug-likeness (QED) is 0.0291. The van der Waals surface area contributed by atoms with Crippen LogP contribution < -0.4 is 41.4 Å². The molecule has 0 aromatic heterocycles. The summed E-state index contributed by atoms with van der Waals surface area (Å²) in [6, 6.07) is 16.5. The fourth-order valence-electron chi connectivity index (χ4n) is 6.40. The van der Waals surface area contributed by atoms with Crippen LogP contribution in [0, 0.1) is 0 Å². The molecule has 0 aliphatic carbocycles. The van der Waals surface area contributed by atoms with Gasteiger partial charge in [-0.3, -0.25) is 0 Å². The van der Waals surface area contributed by atoms with Gasteiger partial charge in [0, 0.05) is 48.8 Å². The largest absolute Gasteiger partial charge is 0.496 e. The SMILES string of the molecule is COc1ccccc1CNCCCCCCNCCCCCCNCCSSCCNCCCCCCNCCCCCCNCc1ccccc1OC. The maximum absolute atomic E-state index is 5.42. The fraction of sp³-hybridized carbons (Fsp3) is 0.727. The molecule has 0 atom stereocenters. The molecule has 0 bridgehead atoms. The van der Waals surface area contributed by atoms with Crippen molar-refractivity contribution >= 4 is 21.6 Å². The average molecular weight is 789 g/mol. The van der Waals surface area contributed by atoms with Gasteiger partial charge in [0.2, 0.25) is 0 Å². The summed E-state index contributed by atoms with van der Waals surface area (Å²) in [6.07, 6.45) is 20.9. The summed E-state index contributed by atoms with van der Waals surface area (Å²) < 4.78 is 10.8. The van der Waals surface area contributed by atoms with Crippen LogP contribution in [-0.4, -0.2) is 91.2 Å². The predicted molar refractivity (Wildman–Crippen MR) is 240 cm³/mol. The standard InChI is InChI=1S/C44H80N6O2S2/c1-51-43-25-13-11-23-41(43)39-49-33-21-9-7-17-29-45-27-15-3-5-19-31-47-35-37-53-54-38-36-48-32-20-6-4-16-28-46-30-18-8-10-22-34-50-40-42-24-12-14-26-44(42)52-2/h11-14,23-26,45-50H,3-10,15-22,27-40H2,1-2H3. The van der Waals surface area contributed by atoms with Crippen LogP contribution in [0.4, 0.5) is 0 Å². The monoisotopic (exact) mass is 789 g/mol. The molecule has 0 heterocycles. The Hall–Kier alpha value is -1.50. The highest BCUT2D eigenvalue weighted by molar-refractivity contribution is 8.76. The predicted octanol–water partition coefficient (Wildman–Crippen LogP) is 8.56. The van der Waals surface area contributed by atoms with E-state index < -0.39 is 0 Å². The van der Waals surface area contributed by atoms with E-state index in [1.165, 1.54) is 138 Å². The number of ether oxygens (including phenoxy) is 2. The van der Waals surface area contributed by atoms with Gasteiger partial charge in [0.1, 0.15) is 11.5 Å². The first-order chi connectivity index (χ1) is 26.8. The highest BCUT2D eigenvalue weighted by Gasteiger charge is 2.02. The van der Waals surface area contributed by atoms with Gasteiger partial charge in [-0.25, -0.2) is 0 Å². The highest BCUT2D eigenvalue weighted by atomic mass is 33.1. The molecule has 6 N–H and O–H groups in total. The minimum atomic E-state index is 0.882. The van der Waals surface area contributed by atoms with Crippen molar-refractivity contribution in [3.05, 3.63) is 59.7 Å². The van der Waals surface area contributed by atoms with E-state index in [1.54, 1.807) is 14.2 Å². The average Bonchev–Trinajstić information content (AvgIpc) is 3.20. The third-order valence-corrected chi connectivity index (χ3v) is 12.1. The third kappa shape index (κ3) is 28.8. The number of para-hydroxylation sites is 2. The molecular formula is C44H80N6O2S2. The molecule has 10 heteroatoms. The lowest BCUT2D eigenvalue weighted by atomic mass is 10.1. The van der Waals surface area contributed by atoms with Crippen LogP contribution in [0.2, 0.25) is 0 Å². The number of benzene rings is 2. The van der Waals surface area contributed by atoms with E-state index in [2.05, 4.69) is 56.2 Å². The lowest BCUT2D eigenvalue weighted by molar-refractivity contribution is 0.407. The first kappa shape index (κ1) is 48.6. The van der Waals surface area contributed by atoms with Gasteiger partial charge < -0.3 is 41.4 Å². The first-order valence-electron chi connectivity index (χ1n) is 21.6. The third-order valence-electron chi connectivity index (χ3n) is 9.65. The summed E-state index contributed by atoms with van der Waals surface area (Å²) >= 11 is 0. The van der Waals surface area contributed by atoms with Gasteiger partial charge in [0.25, 0.3) is 0 Å². The molecule has 0 spiro atoms. The topological polar surface area (TPSA) is 90.6 Å². The van der Waals surface area contributed by atoms with E-state index in [9.17, 15) is 0 Å². The first-order valence-corrected chi connectivity index (χ1v) is 24.1. The van der Waals surface area contributed by atoms with E-state index in [0.717, 1.165) is 76.9 Å². The number of hydrogen-bond donors (Lipinski definition) is 6. The van der Waals surface area contributed by atoms with E-state index in [-0.39, 0.29) is 0 Å². The zero-order valence-corrected chi connectivity index (χ0v) is 36.1. The molecule has 0 unspecified atom stereocenters. The van der Waals surface area contributed by atoms with Gasteiger partial charge in [-0.2, -0.15) is 0 Å². The Labute approximate surface area is 339 Å². The summed E-state index contributed by atoms with van der Waals surface area (Å²) in [6.45, 7) is 13.2. The van der Waals surface area contributed by atoms with Gasteiger partial charge in [-0.05, 0) is 116 Å². The van der Waals surface area contributed by atoms with Crippen LogP contribution in [0.3, 0.4) is 0 Å². The molecule has 2 rings (SSSR count). The molecule has 0 radical (unpaired) electrons. The molecule has 2 aromatic carbocycles. The van der Waals surface area contributed by atoms with Gasteiger partial charge >= 0.3 is 0 Å². The van der Waals surface area contributed by atoms with Crippen LogP contribution in [0.25, 0.3) is 0 Å². The lowest BCUT2D eigenvalue weighted by Crippen LogP contribution is -2.19. The Morgan fingerprint density at radius 3 is 0.944 bits per heavy atom. The zero-order valence-electron chi connectivity index (χ0n) is 34.5. The molecule has 8 nitrogen and oxygen atoms in total. The van der Waals surface area contributed by atoms with Crippen molar-refractivity contribution in [2.75, 3.05) is 91.2 Å². The summed E-state index contributed by atoms with van der Waals surface area (Å²) in [4.78, 5) is 0. The van der Waals surface area contributed by atoms with Crippen molar-refractivity contribution in [1.82, 2.24) is 31.9 Å². The number of methoxy groups -OCH3 is 2. The highest BCUT2D eigenvalue weighted by Crippen LogP contribution is 2.19. The summed E-state index contributed by atoms with van der Waals surface area (Å²) in [5.74, 6) is 4.35. The van der Waals surface area contributed by atoms with Gasteiger partial charge in [-0.15, -0.1) is 0 Å². The van der Waals surface area contributed by atoms with Gasteiger partial charge in [0.05, 0.1) is 14.2 Å². The van der Waals surface area contributed by atoms with Crippen molar-refractivity contribution in [2.24, 2.45) is 0 Å². The van der Waals surface area contributed by atoms with E-state index in [0.29, 0.717) is 0 Å². The van der Waals surface area contributed by atoms with Crippen LogP contribution in [0.15, 0.2) is 48.5 Å². The van der Waals surface area contributed by atoms with Gasteiger partial charge in [-0.1, -0.05) is 109 Å². The lowest BCUT2D eigenvalue weighted by Gasteiger charge is -2.09. The Morgan fingerprint density at radius 1 is 0.352 bits per heavy atom. The van der Waals surface area contributed by atoms with Crippen molar-refractivity contribution < 1.29 is 9.47 Å². The smallest absolute Gasteiger partial charge is 0.123 e. The molecule has 0 amide bonds. The van der Waals surface area contributed by atoms with E-state index >= 15 is 0 Å². The van der Waals surface area contributed by atoms with E-state index in [1.807, 2.05) is 45.9 Å². The summed E-state index contributed by atoms with van der Waals surface area (Å²) in [5, 5.41) is 21.6. The van der Waals surface area contributed by atoms with Crippen LogP contribution in [0.5, 0.6) is 11.5 Å².